The van der Waals surface area contributed by atoms with Crippen LogP contribution in [0, 0.1) is 0 Å². The van der Waals surface area contributed by atoms with Crippen molar-refractivity contribution in [2.24, 2.45) is 0 Å². The van der Waals surface area contributed by atoms with E-state index in [1.54, 1.807) is 24.3 Å². The summed E-state index contributed by atoms with van der Waals surface area (Å²) >= 11 is 0. The number of ether oxygens (including phenoxy) is 4. The fourth-order valence-corrected chi connectivity index (χ4v) is 4.36. The van der Waals surface area contributed by atoms with E-state index in [0.717, 1.165) is 6.07 Å². The van der Waals surface area contributed by atoms with Gasteiger partial charge in [-0.25, -0.2) is 0 Å². The predicted molar refractivity (Wildman–Crippen MR) is 123 cm³/mol. The molecule has 2 saturated heterocycles. The van der Waals surface area contributed by atoms with Crippen LogP contribution in [0.25, 0.3) is 21.9 Å². The van der Waals surface area contributed by atoms with Crippen molar-refractivity contribution in [3.05, 3.63) is 46.6 Å². The third-order valence-corrected chi connectivity index (χ3v) is 6.56. The number of aliphatic hydroxyl groups excluding tert-OH is 5. The Morgan fingerprint density at radius 1 is 1.00 bits per heavy atom. The molecule has 2 aromatic carbocycles. The Morgan fingerprint density at radius 2 is 1.76 bits per heavy atom. The van der Waals surface area contributed by atoms with Crippen LogP contribution in [-0.4, -0.2) is 104 Å². The largest absolute Gasteiger partial charge is 0.507 e. The van der Waals surface area contributed by atoms with Crippen LogP contribution < -0.4 is 10.2 Å². The van der Waals surface area contributed by atoms with Gasteiger partial charge < -0.3 is 59.1 Å². The van der Waals surface area contributed by atoms with E-state index in [4.69, 9.17) is 23.4 Å². The van der Waals surface area contributed by atoms with Crippen LogP contribution in [-0.2, 0) is 14.2 Å². The van der Waals surface area contributed by atoms with E-state index < -0.39 is 79.7 Å². The van der Waals surface area contributed by atoms with Crippen LogP contribution in [0.2, 0.25) is 0 Å². The summed E-state index contributed by atoms with van der Waals surface area (Å²) in [5, 5.41) is 71.2. The third kappa shape index (κ3) is 4.54. The highest BCUT2D eigenvalue weighted by molar-refractivity contribution is 5.93. The minimum Gasteiger partial charge on any atom is -0.507 e. The van der Waals surface area contributed by atoms with Crippen molar-refractivity contribution in [3.8, 4) is 11.5 Å². The van der Waals surface area contributed by atoms with Gasteiger partial charge in [0.05, 0.1) is 25.2 Å². The maximum absolute atomic E-state index is 12.8. The van der Waals surface area contributed by atoms with E-state index in [9.17, 15) is 40.5 Å². The molecule has 13 heteroatoms. The predicted octanol–water partition coefficient (Wildman–Crippen LogP) is -1.70. The summed E-state index contributed by atoms with van der Waals surface area (Å²) in [5.74, 6) is -0.514. The average molecular weight is 522 g/mol. The van der Waals surface area contributed by atoms with E-state index in [0.29, 0.717) is 0 Å². The maximum Gasteiger partial charge on any atom is 0.229 e. The first-order chi connectivity index (χ1) is 17.6. The van der Waals surface area contributed by atoms with Gasteiger partial charge >= 0.3 is 0 Å². The molecule has 37 heavy (non-hydrogen) atoms. The second-order valence-electron chi connectivity index (χ2n) is 9.09. The highest BCUT2D eigenvalue weighted by Crippen LogP contribution is 2.33. The van der Waals surface area contributed by atoms with Crippen molar-refractivity contribution in [1.82, 2.24) is 0 Å². The molecule has 7 N–H and O–H groups in total. The minimum absolute atomic E-state index is 0.00760. The summed E-state index contributed by atoms with van der Waals surface area (Å²) in [5.41, 5.74) is -2.08. The lowest BCUT2D eigenvalue weighted by molar-refractivity contribution is -0.289. The smallest absolute Gasteiger partial charge is 0.229 e. The highest BCUT2D eigenvalue weighted by Gasteiger charge is 2.50. The second-order valence-corrected chi connectivity index (χ2v) is 9.09. The first kappa shape index (κ1) is 25.8. The summed E-state index contributed by atoms with van der Waals surface area (Å²) in [7, 11) is 0. The number of aromatic hydroxyl groups is 1. The van der Waals surface area contributed by atoms with E-state index in [-0.39, 0.29) is 27.7 Å². The number of hydrogen-bond acceptors (Lipinski definition) is 13. The van der Waals surface area contributed by atoms with Gasteiger partial charge in [-0.05, 0) is 12.1 Å². The second kappa shape index (κ2) is 9.79. The quantitative estimate of drug-likeness (QED) is 0.180. The number of fused-ring (bicyclic) bond motifs is 2. The van der Waals surface area contributed by atoms with E-state index in [1.807, 2.05) is 0 Å². The number of benzene rings is 2. The zero-order valence-electron chi connectivity index (χ0n) is 19.2. The molecule has 1 aromatic heterocycles. The fraction of sp³-hybridized carbons (Fsp3) is 0.458. The molecular weight excluding hydrogens is 496 g/mol. The van der Waals surface area contributed by atoms with Crippen molar-refractivity contribution >= 4 is 21.9 Å². The first-order valence-corrected chi connectivity index (χ1v) is 11.4. The Hall–Kier alpha value is -2.85. The van der Waals surface area contributed by atoms with Gasteiger partial charge in [0.1, 0.15) is 64.2 Å². The van der Waals surface area contributed by atoms with Crippen LogP contribution in [0.3, 0.4) is 0 Å². The number of phenols is 1. The van der Waals surface area contributed by atoms with Gasteiger partial charge in [0.25, 0.3) is 0 Å². The molecule has 0 amide bonds. The van der Waals surface area contributed by atoms with Crippen LogP contribution in [0.15, 0.2) is 45.6 Å². The van der Waals surface area contributed by atoms with Crippen LogP contribution in [0.1, 0.15) is 0 Å². The Morgan fingerprint density at radius 3 is 2.49 bits per heavy atom. The van der Waals surface area contributed by atoms with Gasteiger partial charge in [-0.15, -0.1) is 0 Å². The average Bonchev–Trinajstić information content (AvgIpc) is 3.17. The molecule has 2 aliphatic heterocycles. The molecule has 2 fully saturated rings. The minimum atomic E-state index is -1.92. The lowest BCUT2D eigenvalue weighted by Gasteiger charge is -2.40. The van der Waals surface area contributed by atoms with Crippen molar-refractivity contribution in [1.29, 1.82) is 0 Å². The number of rotatable bonds is 6. The van der Waals surface area contributed by atoms with E-state index in [2.05, 4.69) is 0 Å². The van der Waals surface area contributed by atoms with Crippen molar-refractivity contribution in [2.75, 3.05) is 19.8 Å². The van der Waals surface area contributed by atoms with Gasteiger partial charge in [0.2, 0.25) is 11.7 Å². The first-order valence-electron chi connectivity index (χ1n) is 11.4. The molecule has 13 nitrogen and oxygen atoms in total. The molecule has 0 bridgehead atoms. The summed E-state index contributed by atoms with van der Waals surface area (Å²) in [6.07, 6.45) is -10.9. The molecule has 8 atom stereocenters. The summed E-state index contributed by atoms with van der Waals surface area (Å²) in [4.78, 5) is 12.8. The van der Waals surface area contributed by atoms with Crippen molar-refractivity contribution in [2.45, 2.75) is 48.7 Å². The molecule has 3 aromatic rings. The fourth-order valence-electron chi connectivity index (χ4n) is 4.36. The van der Waals surface area contributed by atoms with Crippen LogP contribution in [0.5, 0.6) is 11.5 Å². The molecule has 0 radical (unpaired) electrons. The summed E-state index contributed by atoms with van der Waals surface area (Å²) < 4.78 is 27.4. The lowest BCUT2D eigenvalue weighted by atomic mass is 9.99. The molecule has 0 unspecified atom stereocenters. The summed E-state index contributed by atoms with van der Waals surface area (Å²) in [6, 6.07) is 8.91. The number of para-hydroxylation sites is 1. The van der Waals surface area contributed by atoms with E-state index >= 15 is 0 Å². The molecule has 3 heterocycles. The van der Waals surface area contributed by atoms with Crippen molar-refractivity contribution in [3.63, 3.8) is 0 Å². The Labute approximate surface area is 208 Å². The number of aliphatic hydroxyl groups is 6. The Balaban J connectivity index is 1.35. The zero-order chi connectivity index (χ0) is 26.5. The molecule has 200 valence electrons. The molecule has 5 rings (SSSR count). The number of phenolic OH excluding ortho intramolecular Hbond substituents is 1. The van der Waals surface area contributed by atoms with Crippen molar-refractivity contribution < 1.29 is 59.1 Å². The lowest BCUT2D eigenvalue weighted by Crippen LogP contribution is -2.60. The zero-order valence-corrected chi connectivity index (χ0v) is 19.2. The van der Waals surface area contributed by atoms with Crippen LogP contribution >= 0.6 is 0 Å². The molecule has 0 aliphatic carbocycles. The topological polar surface area (TPSA) is 209 Å². The summed E-state index contributed by atoms with van der Waals surface area (Å²) in [6.45, 7) is -1.63. The Bertz CT molecular complexity index is 1340. The van der Waals surface area contributed by atoms with Gasteiger partial charge in [-0.1, -0.05) is 12.1 Å². The van der Waals surface area contributed by atoms with E-state index in [1.165, 1.54) is 6.07 Å². The monoisotopic (exact) mass is 522 g/mol. The molecular formula is C24H26O13. The molecule has 0 saturated carbocycles. The normalized spacial score (nSPS) is 34.3. The van der Waals surface area contributed by atoms with Gasteiger partial charge in [0.15, 0.2) is 6.29 Å². The third-order valence-electron chi connectivity index (χ3n) is 6.56. The molecule has 2 aliphatic rings. The number of hydrogen-bond donors (Lipinski definition) is 7. The highest BCUT2D eigenvalue weighted by atomic mass is 16.7. The SMILES string of the molecule is O=c1c2ccccc2oc2cc(O[C@@H]3O[C@H](CO[C@@H]4OC[C@@](O)(CO)[C@H]4O)[C@@H](O)[C@H](O)[C@H]3O)cc(O)c12. The Kier molecular flexibility index (Phi) is 6.83. The van der Waals surface area contributed by atoms with Gasteiger partial charge in [-0.3, -0.25) is 4.79 Å². The maximum atomic E-state index is 12.8. The standard InChI is InChI=1S/C24H26O13/c25-8-24(32)9-34-23(21(24)31)33-7-15-18(28)19(29)20(30)22(37-15)35-10-5-12(26)16-14(6-10)36-13-4-2-1-3-11(13)17(16)27/h1-6,15,18-23,25-26,28-32H,7-9H2/t15-,18-,19+,20-,21+,22-,23-,24+/m1/s1. The molecule has 0 spiro atoms. The van der Waals surface area contributed by atoms with Gasteiger partial charge in [-0.2, -0.15) is 0 Å². The van der Waals surface area contributed by atoms with Crippen LogP contribution in [0.4, 0.5) is 0 Å². The van der Waals surface area contributed by atoms with Gasteiger partial charge in [0, 0.05) is 12.1 Å².